The maximum absolute atomic E-state index is 13.0. The predicted octanol–water partition coefficient (Wildman–Crippen LogP) is 2.30. The number of ether oxygens (including phenoxy) is 2. The van der Waals surface area contributed by atoms with Gasteiger partial charge in [0.2, 0.25) is 11.5 Å². The minimum absolute atomic E-state index is 0.177. The molecule has 0 saturated heterocycles. The standard InChI is InChI=1S/C22H23NO7/c1-29-20(25)22(21(26)30-2)17(24)13-16(14-9-5-3-6-10-14)19(23(27)28)18(22)15-11-7-4-8-12-15/h3-12,16-19,24H,13H2,1-2H3/t16-,17-,18+,19-/m1/s1. The van der Waals surface area contributed by atoms with Gasteiger partial charge in [-0.05, 0) is 17.5 Å². The highest BCUT2D eigenvalue weighted by Gasteiger charge is 2.69. The van der Waals surface area contributed by atoms with Crippen LogP contribution in [0.5, 0.6) is 0 Å². The summed E-state index contributed by atoms with van der Waals surface area (Å²) in [6.07, 6.45) is -1.73. The van der Waals surface area contributed by atoms with Gasteiger partial charge in [-0.3, -0.25) is 19.7 Å². The van der Waals surface area contributed by atoms with E-state index in [1.54, 1.807) is 60.7 Å². The van der Waals surface area contributed by atoms with Crippen molar-refractivity contribution in [2.24, 2.45) is 5.41 Å². The molecule has 1 fully saturated rings. The number of benzene rings is 2. The molecule has 2 aromatic rings. The summed E-state index contributed by atoms with van der Waals surface area (Å²) < 4.78 is 9.77. The first kappa shape index (κ1) is 21.4. The summed E-state index contributed by atoms with van der Waals surface area (Å²) in [5, 5.41) is 23.5. The molecule has 0 aromatic heterocycles. The highest BCUT2D eigenvalue weighted by molar-refractivity contribution is 6.02. The van der Waals surface area contributed by atoms with Crippen LogP contribution in [-0.2, 0) is 19.1 Å². The first-order valence-electron chi connectivity index (χ1n) is 9.47. The quantitative estimate of drug-likeness (QED) is 0.346. The van der Waals surface area contributed by atoms with Crippen LogP contribution in [0.4, 0.5) is 0 Å². The van der Waals surface area contributed by atoms with Gasteiger partial charge in [0.05, 0.1) is 32.2 Å². The molecule has 8 nitrogen and oxygen atoms in total. The number of methoxy groups -OCH3 is 2. The summed E-state index contributed by atoms with van der Waals surface area (Å²) in [5.74, 6) is -4.16. The van der Waals surface area contributed by atoms with Crippen molar-refractivity contribution in [3.63, 3.8) is 0 Å². The molecule has 0 heterocycles. The average Bonchev–Trinajstić information content (AvgIpc) is 2.78. The fraction of sp³-hybridized carbons (Fsp3) is 0.364. The van der Waals surface area contributed by atoms with Gasteiger partial charge in [0, 0.05) is 4.92 Å². The number of nitro groups is 1. The van der Waals surface area contributed by atoms with E-state index in [0.29, 0.717) is 11.1 Å². The number of esters is 2. The molecule has 1 aliphatic rings. The summed E-state index contributed by atoms with van der Waals surface area (Å²) in [4.78, 5) is 37.9. The monoisotopic (exact) mass is 413 g/mol. The van der Waals surface area contributed by atoms with Crippen molar-refractivity contribution < 1.29 is 29.1 Å². The molecule has 158 valence electrons. The first-order chi connectivity index (χ1) is 14.4. The Morgan fingerprint density at radius 3 is 1.87 bits per heavy atom. The lowest BCUT2D eigenvalue weighted by Gasteiger charge is -2.46. The van der Waals surface area contributed by atoms with Crippen molar-refractivity contribution in [3.8, 4) is 0 Å². The highest BCUT2D eigenvalue weighted by Crippen LogP contribution is 2.54. The second kappa shape index (κ2) is 8.62. The maximum atomic E-state index is 13.0. The Balaban J connectivity index is 2.32. The Hall–Kier alpha value is -3.26. The molecule has 1 aliphatic carbocycles. The molecule has 0 aliphatic heterocycles. The lowest BCUT2D eigenvalue weighted by Crippen LogP contribution is -2.62. The van der Waals surface area contributed by atoms with Crippen LogP contribution in [0.15, 0.2) is 60.7 Å². The summed E-state index contributed by atoms with van der Waals surface area (Å²) >= 11 is 0. The molecular weight excluding hydrogens is 390 g/mol. The second-order valence-corrected chi connectivity index (χ2v) is 7.29. The summed E-state index contributed by atoms with van der Waals surface area (Å²) in [5.41, 5.74) is -1.26. The predicted molar refractivity (Wildman–Crippen MR) is 106 cm³/mol. The van der Waals surface area contributed by atoms with Gasteiger partial charge in [-0.2, -0.15) is 0 Å². The molecule has 3 rings (SSSR count). The van der Waals surface area contributed by atoms with Crippen LogP contribution in [0, 0.1) is 15.5 Å². The number of nitrogens with zero attached hydrogens (tertiary/aromatic N) is 1. The summed E-state index contributed by atoms with van der Waals surface area (Å²) in [7, 11) is 2.15. The van der Waals surface area contributed by atoms with Gasteiger partial charge in [-0.25, -0.2) is 0 Å². The van der Waals surface area contributed by atoms with E-state index in [1.165, 1.54) is 0 Å². The Bertz CT molecular complexity index is 900. The molecule has 1 N–H and O–H groups in total. The molecule has 4 atom stereocenters. The Kier molecular flexibility index (Phi) is 6.17. The van der Waals surface area contributed by atoms with Gasteiger partial charge in [-0.15, -0.1) is 0 Å². The molecular formula is C22H23NO7. The van der Waals surface area contributed by atoms with Crippen LogP contribution >= 0.6 is 0 Å². The van der Waals surface area contributed by atoms with E-state index in [-0.39, 0.29) is 6.42 Å². The van der Waals surface area contributed by atoms with Crippen molar-refractivity contribution in [1.82, 2.24) is 0 Å². The number of hydrogen-bond donors (Lipinski definition) is 1. The molecule has 0 amide bonds. The Labute approximate surface area is 173 Å². The van der Waals surface area contributed by atoms with Crippen molar-refractivity contribution in [1.29, 1.82) is 0 Å². The second-order valence-electron chi connectivity index (χ2n) is 7.29. The van der Waals surface area contributed by atoms with E-state index >= 15 is 0 Å². The van der Waals surface area contributed by atoms with Gasteiger partial charge < -0.3 is 14.6 Å². The smallest absolute Gasteiger partial charge is 0.326 e. The topological polar surface area (TPSA) is 116 Å². The minimum Gasteiger partial charge on any atom is -0.468 e. The molecule has 1 saturated carbocycles. The van der Waals surface area contributed by atoms with Gasteiger partial charge >= 0.3 is 11.9 Å². The number of hydrogen-bond acceptors (Lipinski definition) is 7. The molecule has 8 heteroatoms. The van der Waals surface area contributed by atoms with E-state index < -0.39 is 46.3 Å². The van der Waals surface area contributed by atoms with Gasteiger partial charge in [0.15, 0.2) is 0 Å². The normalized spacial score (nSPS) is 25.2. The van der Waals surface area contributed by atoms with E-state index in [9.17, 15) is 24.8 Å². The van der Waals surface area contributed by atoms with Crippen LogP contribution < -0.4 is 0 Å². The zero-order valence-electron chi connectivity index (χ0n) is 16.6. The Morgan fingerprint density at radius 2 is 1.43 bits per heavy atom. The number of carbonyl (C=O) groups excluding carboxylic acids is 2. The van der Waals surface area contributed by atoms with E-state index in [0.717, 1.165) is 14.2 Å². The van der Waals surface area contributed by atoms with Crippen molar-refractivity contribution in [2.45, 2.75) is 30.4 Å². The lowest BCUT2D eigenvalue weighted by molar-refractivity contribution is -0.538. The maximum Gasteiger partial charge on any atom is 0.326 e. The Morgan fingerprint density at radius 1 is 0.967 bits per heavy atom. The zero-order valence-corrected chi connectivity index (χ0v) is 16.6. The van der Waals surface area contributed by atoms with E-state index in [4.69, 9.17) is 9.47 Å². The van der Waals surface area contributed by atoms with Crippen molar-refractivity contribution in [3.05, 3.63) is 81.9 Å². The molecule has 30 heavy (non-hydrogen) atoms. The highest BCUT2D eigenvalue weighted by atomic mass is 16.6. The fourth-order valence-electron chi connectivity index (χ4n) is 4.64. The van der Waals surface area contributed by atoms with Crippen molar-refractivity contribution in [2.75, 3.05) is 14.2 Å². The third-order valence-corrected chi connectivity index (χ3v) is 5.92. The van der Waals surface area contributed by atoms with Crippen LogP contribution in [0.25, 0.3) is 0 Å². The average molecular weight is 413 g/mol. The first-order valence-corrected chi connectivity index (χ1v) is 9.47. The molecule has 0 spiro atoms. The largest absolute Gasteiger partial charge is 0.468 e. The molecule has 2 aromatic carbocycles. The SMILES string of the molecule is COC(=O)C1(C(=O)OC)[C@H](O)C[C@H](c2ccccc2)[C@@H]([N+](=O)[O-])[C@@H]1c1ccccc1. The van der Waals surface area contributed by atoms with Crippen LogP contribution in [0.3, 0.4) is 0 Å². The molecule has 0 bridgehead atoms. The molecule has 0 unspecified atom stereocenters. The van der Waals surface area contributed by atoms with E-state index in [2.05, 4.69) is 0 Å². The number of rotatable bonds is 5. The summed E-state index contributed by atoms with van der Waals surface area (Å²) in [6, 6.07) is 15.6. The van der Waals surface area contributed by atoms with Crippen molar-refractivity contribution >= 4 is 11.9 Å². The summed E-state index contributed by atoms with van der Waals surface area (Å²) in [6.45, 7) is 0. The number of carbonyl (C=O) groups is 2. The number of aliphatic hydroxyl groups is 1. The van der Waals surface area contributed by atoms with Gasteiger partial charge in [0.25, 0.3) is 0 Å². The minimum atomic E-state index is -2.27. The van der Waals surface area contributed by atoms with Gasteiger partial charge in [0.1, 0.15) is 0 Å². The number of aliphatic hydroxyl groups excluding tert-OH is 1. The lowest BCUT2D eigenvalue weighted by atomic mass is 9.56. The third kappa shape index (κ3) is 3.33. The fourth-order valence-corrected chi connectivity index (χ4v) is 4.64. The third-order valence-electron chi connectivity index (χ3n) is 5.92. The van der Waals surface area contributed by atoms with Crippen LogP contribution in [0.2, 0.25) is 0 Å². The van der Waals surface area contributed by atoms with Crippen LogP contribution in [-0.4, -0.2) is 48.3 Å². The zero-order chi connectivity index (χ0) is 21.9. The van der Waals surface area contributed by atoms with E-state index in [1.807, 2.05) is 0 Å². The molecule has 0 radical (unpaired) electrons. The van der Waals surface area contributed by atoms with Crippen LogP contribution in [0.1, 0.15) is 29.4 Å². The van der Waals surface area contributed by atoms with Gasteiger partial charge in [-0.1, -0.05) is 60.7 Å².